The van der Waals surface area contributed by atoms with Crippen LogP contribution in [0.2, 0.25) is 0 Å². The molecule has 18 heavy (non-hydrogen) atoms. The minimum Gasteiger partial charge on any atom is -0.478 e. The molecule has 0 saturated carbocycles. The number of rotatable bonds is 4. The number of hydrogen-bond donors (Lipinski definition) is 2. The van der Waals surface area contributed by atoms with E-state index in [4.69, 9.17) is 5.11 Å². The van der Waals surface area contributed by atoms with Gasteiger partial charge in [-0.05, 0) is 12.1 Å². The van der Waals surface area contributed by atoms with Crippen molar-refractivity contribution in [2.24, 2.45) is 0 Å². The van der Waals surface area contributed by atoms with Crippen LogP contribution in [0.4, 0.5) is 0 Å². The zero-order chi connectivity index (χ0) is 13.9. The monoisotopic (exact) mass is 272 g/mol. The molecule has 1 amide bonds. The Morgan fingerprint density at radius 3 is 2.11 bits per heavy atom. The summed E-state index contributed by atoms with van der Waals surface area (Å²) in [6.07, 6.45) is 0. The van der Waals surface area contributed by atoms with Crippen molar-refractivity contribution < 1.29 is 23.1 Å². The fourth-order valence-electron chi connectivity index (χ4n) is 1.13. The van der Waals surface area contributed by atoms with E-state index in [9.17, 15) is 18.0 Å². The molecule has 7 nitrogen and oxygen atoms in total. The first-order valence-corrected chi connectivity index (χ1v) is 6.26. The molecule has 0 aromatic heterocycles. The van der Waals surface area contributed by atoms with Crippen LogP contribution >= 0.6 is 0 Å². The summed E-state index contributed by atoms with van der Waals surface area (Å²) in [7, 11) is -1.45. The Morgan fingerprint density at radius 1 is 1.17 bits per heavy atom. The Hall–Kier alpha value is -1.93. The summed E-state index contributed by atoms with van der Waals surface area (Å²) in [5.41, 5.74) is -0.473. The highest BCUT2D eigenvalue weighted by molar-refractivity contribution is 7.87. The van der Waals surface area contributed by atoms with E-state index in [-0.39, 0.29) is 11.1 Å². The number of amides is 1. The zero-order valence-electron chi connectivity index (χ0n) is 9.75. The normalized spacial score (nSPS) is 11.3. The van der Waals surface area contributed by atoms with Crippen molar-refractivity contribution in [3.05, 3.63) is 35.4 Å². The third-order valence-electron chi connectivity index (χ3n) is 2.10. The molecule has 0 saturated heterocycles. The van der Waals surface area contributed by atoms with Crippen LogP contribution in [0.3, 0.4) is 0 Å². The molecular formula is C10H12N2O5S. The van der Waals surface area contributed by atoms with Gasteiger partial charge in [-0.1, -0.05) is 12.1 Å². The first-order valence-electron chi connectivity index (χ1n) is 4.82. The van der Waals surface area contributed by atoms with Crippen molar-refractivity contribution in [3.8, 4) is 0 Å². The molecule has 1 aromatic rings. The van der Waals surface area contributed by atoms with Crippen LogP contribution in [0.25, 0.3) is 0 Å². The van der Waals surface area contributed by atoms with Crippen molar-refractivity contribution in [3.63, 3.8) is 0 Å². The molecule has 1 rings (SSSR count). The van der Waals surface area contributed by atoms with Crippen LogP contribution in [0.15, 0.2) is 24.3 Å². The molecule has 98 valence electrons. The third kappa shape index (κ3) is 3.05. The first kappa shape index (κ1) is 14.1. The highest BCUT2D eigenvalue weighted by Crippen LogP contribution is 2.09. The fraction of sp³-hybridized carbons (Fsp3) is 0.200. The lowest BCUT2D eigenvalue weighted by atomic mass is 10.1. The van der Waals surface area contributed by atoms with Crippen LogP contribution in [0, 0.1) is 0 Å². The average Bonchev–Trinajstić information content (AvgIpc) is 2.28. The highest BCUT2D eigenvalue weighted by Gasteiger charge is 2.21. The van der Waals surface area contributed by atoms with Gasteiger partial charge in [0, 0.05) is 14.1 Å². The van der Waals surface area contributed by atoms with E-state index >= 15 is 0 Å². The van der Waals surface area contributed by atoms with E-state index in [2.05, 4.69) is 0 Å². The minimum absolute atomic E-state index is 0.213. The topological polar surface area (TPSA) is 104 Å². The Bertz CT molecular complexity index is 580. The smallest absolute Gasteiger partial charge is 0.336 e. The number of carbonyl (C=O) groups is 2. The lowest BCUT2D eigenvalue weighted by molar-refractivity contribution is 0.0691. The van der Waals surface area contributed by atoms with Gasteiger partial charge in [0.15, 0.2) is 0 Å². The van der Waals surface area contributed by atoms with Crippen molar-refractivity contribution in [2.45, 2.75) is 0 Å². The first-order chi connectivity index (χ1) is 8.25. The maximum atomic E-state index is 11.7. The number of aromatic carboxylic acids is 1. The van der Waals surface area contributed by atoms with E-state index < -0.39 is 22.1 Å². The van der Waals surface area contributed by atoms with Crippen LogP contribution in [-0.2, 0) is 10.2 Å². The van der Waals surface area contributed by atoms with Crippen molar-refractivity contribution in [1.29, 1.82) is 0 Å². The van der Waals surface area contributed by atoms with E-state index in [1.54, 1.807) is 4.72 Å². The van der Waals surface area contributed by atoms with Gasteiger partial charge < -0.3 is 5.11 Å². The summed E-state index contributed by atoms with van der Waals surface area (Å²) in [5, 5.41) is 8.88. The largest absolute Gasteiger partial charge is 0.478 e. The molecule has 0 fully saturated rings. The Kier molecular flexibility index (Phi) is 4.04. The molecule has 0 atom stereocenters. The predicted octanol–water partition coefficient (Wildman–Crippen LogP) is -0.0790. The maximum absolute atomic E-state index is 11.7. The Morgan fingerprint density at radius 2 is 1.67 bits per heavy atom. The number of hydrogen-bond acceptors (Lipinski definition) is 4. The van der Waals surface area contributed by atoms with Crippen molar-refractivity contribution >= 4 is 22.1 Å². The SMILES string of the molecule is CN(C)S(=O)(=O)NC(=O)c1ccccc1C(=O)O. The summed E-state index contributed by atoms with van der Waals surface area (Å²) in [4.78, 5) is 22.6. The van der Waals surface area contributed by atoms with E-state index in [1.165, 1.54) is 38.4 Å². The molecule has 0 spiro atoms. The number of carboxylic acid groups (broad SMARTS) is 1. The van der Waals surface area contributed by atoms with Crippen molar-refractivity contribution in [2.75, 3.05) is 14.1 Å². The molecule has 0 heterocycles. The second kappa shape index (κ2) is 5.15. The van der Waals surface area contributed by atoms with Crippen LogP contribution in [-0.4, -0.2) is 43.8 Å². The number of nitrogens with one attached hydrogen (secondary N) is 1. The molecular weight excluding hydrogens is 260 g/mol. The number of carboxylic acids is 1. The molecule has 2 N–H and O–H groups in total. The summed E-state index contributed by atoms with van der Waals surface area (Å²) in [6.45, 7) is 0. The average molecular weight is 272 g/mol. The lowest BCUT2D eigenvalue weighted by Gasteiger charge is -2.12. The molecule has 0 unspecified atom stereocenters. The van der Waals surface area contributed by atoms with Gasteiger partial charge in [-0.15, -0.1) is 0 Å². The van der Waals surface area contributed by atoms with Crippen LogP contribution in [0.1, 0.15) is 20.7 Å². The van der Waals surface area contributed by atoms with Gasteiger partial charge in [-0.2, -0.15) is 12.7 Å². The van der Waals surface area contributed by atoms with Gasteiger partial charge in [0.25, 0.3) is 5.91 Å². The Balaban J connectivity index is 3.10. The zero-order valence-corrected chi connectivity index (χ0v) is 10.6. The molecule has 0 aliphatic rings. The van der Waals surface area contributed by atoms with Gasteiger partial charge in [-0.3, -0.25) is 4.79 Å². The fourth-order valence-corrected chi connectivity index (χ4v) is 1.66. The molecule has 0 aliphatic heterocycles. The molecule has 1 aromatic carbocycles. The maximum Gasteiger partial charge on any atom is 0.336 e. The number of nitrogens with zero attached hydrogens (tertiary/aromatic N) is 1. The number of carbonyl (C=O) groups excluding carboxylic acids is 1. The molecule has 0 bridgehead atoms. The predicted molar refractivity (Wildman–Crippen MR) is 63.5 cm³/mol. The molecule has 0 radical (unpaired) electrons. The quantitative estimate of drug-likeness (QED) is 0.798. The second-order valence-corrected chi connectivity index (χ2v) is 5.45. The number of benzene rings is 1. The molecule has 8 heteroatoms. The summed E-state index contributed by atoms with van der Waals surface area (Å²) in [6, 6.07) is 5.35. The Labute approximate surface area is 104 Å². The standard InChI is InChI=1S/C10H12N2O5S/c1-12(2)18(16,17)11-9(13)7-5-3-4-6-8(7)10(14)15/h3-6H,1-2H3,(H,11,13)(H,14,15). The van der Waals surface area contributed by atoms with Gasteiger partial charge >= 0.3 is 16.2 Å². The van der Waals surface area contributed by atoms with Gasteiger partial charge in [-0.25, -0.2) is 9.52 Å². The van der Waals surface area contributed by atoms with Gasteiger partial charge in [0.1, 0.15) is 0 Å². The third-order valence-corrected chi connectivity index (χ3v) is 3.51. The summed E-state index contributed by atoms with van der Waals surface area (Å²) < 4.78 is 25.5. The van der Waals surface area contributed by atoms with E-state index in [0.717, 1.165) is 4.31 Å². The second-order valence-electron chi connectivity index (χ2n) is 3.57. The van der Waals surface area contributed by atoms with E-state index in [0.29, 0.717) is 0 Å². The van der Waals surface area contributed by atoms with Crippen molar-refractivity contribution in [1.82, 2.24) is 9.03 Å². The molecule has 0 aliphatic carbocycles. The van der Waals surface area contributed by atoms with Crippen LogP contribution < -0.4 is 4.72 Å². The van der Waals surface area contributed by atoms with E-state index in [1.807, 2.05) is 0 Å². The van der Waals surface area contributed by atoms with Crippen LogP contribution in [0.5, 0.6) is 0 Å². The van der Waals surface area contributed by atoms with Gasteiger partial charge in [0.2, 0.25) is 0 Å². The summed E-state index contributed by atoms with van der Waals surface area (Å²) >= 11 is 0. The highest BCUT2D eigenvalue weighted by atomic mass is 32.2. The minimum atomic E-state index is -3.95. The van der Waals surface area contributed by atoms with Gasteiger partial charge in [0.05, 0.1) is 11.1 Å². The summed E-state index contributed by atoms with van der Waals surface area (Å²) in [5.74, 6) is -2.29. The lowest BCUT2D eigenvalue weighted by Crippen LogP contribution is -2.39.